The average molecular weight is 346 g/mol. The summed E-state index contributed by atoms with van der Waals surface area (Å²) in [5.74, 6) is 3.00. The summed E-state index contributed by atoms with van der Waals surface area (Å²) in [5.41, 5.74) is 2.92. The number of methoxy groups -OCH3 is 1. The van der Waals surface area contributed by atoms with Crippen LogP contribution in [-0.2, 0) is 11.3 Å². The van der Waals surface area contributed by atoms with E-state index in [1.54, 1.807) is 12.1 Å². The third kappa shape index (κ3) is 4.24. The molecule has 0 atom stereocenters. The van der Waals surface area contributed by atoms with Crippen LogP contribution in [0.15, 0.2) is 48.5 Å². The summed E-state index contributed by atoms with van der Waals surface area (Å²) in [7, 11) is 1.38. The Hall–Kier alpha value is -1.59. The van der Waals surface area contributed by atoms with Gasteiger partial charge in [0.05, 0.1) is 17.3 Å². The molecule has 1 aliphatic rings. The van der Waals surface area contributed by atoms with Crippen molar-refractivity contribution in [2.24, 2.45) is 0 Å². The minimum atomic E-state index is -0.323. The van der Waals surface area contributed by atoms with Gasteiger partial charge in [-0.15, -0.1) is 23.5 Å². The van der Waals surface area contributed by atoms with Crippen LogP contribution in [0.2, 0.25) is 0 Å². The Labute approximate surface area is 144 Å². The Kier molecular flexibility index (Phi) is 5.51. The third-order valence-corrected chi connectivity index (χ3v) is 6.66. The Bertz CT molecular complexity index is 647. The van der Waals surface area contributed by atoms with Crippen LogP contribution in [0.4, 0.5) is 0 Å². The molecule has 3 rings (SSSR count). The molecule has 5 heteroatoms. The fourth-order valence-corrected chi connectivity index (χ4v) is 5.15. The van der Waals surface area contributed by atoms with Crippen LogP contribution in [0.5, 0.6) is 5.75 Å². The summed E-state index contributed by atoms with van der Waals surface area (Å²) in [4.78, 5) is 11.4. The Morgan fingerprint density at radius 3 is 2.30 bits per heavy atom. The molecule has 1 aliphatic heterocycles. The van der Waals surface area contributed by atoms with E-state index in [4.69, 9.17) is 4.74 Å². The van der Waals surface area contributed by atoms with Gasteiger partial charge in [0, 0.05) is 11.5 Å². The highest BCUT2D eigenvalue weighted by Crippen LogP contribution is 2.45. The molecule has 0 spiro atoms. The maximum absolute atomic E-state index is 11.4. The summed E-state index contributed by atoms with van der Waals surface area (Å²) in [6.45, 7) is 0.480. The first-order valence-electron chi connectivity index (χ1n) is 7.39. The fraction of sp³-hybridized carbons (Fsp3) is 0.278. The maximum atomic E-state index is 11.4. The van der Waals surface area contributed by atoms with Gasteiger partial charge in [-0.25, -0.2) is 4.79 Å². The monoisotopic (exact) mass is 346 g/mol. The number of rotatable bonds is 5. The number of benzene rings is 2. The topological polar surface area (TPSA) is 35.5 Å². The number of esters is 1. The number of thioether (sulfide) groups is 2. The van der Waals surface area contributed by atoms with E-state index >= 15 is 0 Å². The highest BCUT2D eigenvalue weighted by molar-refractivity contribution is 8.19. The average Bonchev–Trinajstić information content (AvgIpc) is 3.15. The van der Waals surface area contributed by atoms with E-state index in [1.807, 2.05) is 47.8 Å². The molecule has 3 nitrogen and oxygen atoms in total. The van der Waals surface area contributed by atoms with Gasteiger partial charge in [-0.05, 0) is 35.4 Å². The van der Waals surface area contributed by atoms with Crippen molar-refractivity contribution in [2.75, 3.05) is 18.6 Å². The lowest BCUT2D eigenvalue weighted by Crippen LogP contribution is -2.02. The molecule has 0 saturated carbocycles. The quantitative estimate of drug-likeness (QED) is 0.743. The summed E-state index contributed by atoms with van der Waals surface area (Å²) in [6, 6.07) is 15.6. The smallest absolute Gasteiger partial charge is 0.337 e. The predicted octanol–water partition coefficient (Wildman–Crippen LogP) is 4.53. The lowest BCUT2D eigenvalue weighted by Gasteiger charge is -2.10. The molecule has 1 fully saturated rings. The molecule has 0 aromatic heterocycles. The van der Waals surface area contributed by atoms with Gasteiger partial charge in [-0.2, -0.15) is 0 Å². The van der Waals surface area contributed by atoms with Gasteiger partial charge in [-0.3, -0.25) is 0 Å². The second-order valence-electron chi connectivity index (χ2n) is 5.12. The summed E-state index contributed by atoms with van der Waals surface area (Å²) < 4.78 is 11.1. The molecule has 2 aromatic carbocycles. The molecule has 23 heavy (non-hydrogen) atoms. The van der Waals surface area contributed by atoms with Crippen molar-refractivity contribution in [1.82, 2.24) is 0 Å². The lowest BCUT2D eigenvalue weighted by atomic mass is 10.1. The minimum absolute atomic E-state index is 0.323. The second-order valence-corrected chi connectivity index (χ2v) is 7.84. The number of ether oxygens (including phenoxy) is 2. The molecule has 0 unspecified atom stereocenters. The molecular formula is C18H18O3S2. The Balaban J connectivity index is 1.56. The van der Waals surface area contributed by atoms with Crippen molar-refractivity contribution in [3.05, 3.63) is 65.2 Å². The van der Waals surface area contributed by atoms with Gasteiger partial charge in [-0.1, -0.05) is 24.3 Å². The van der Waals surface area contributed by atoms with Gasteiger partial charge in [0.15, 0.2) is 0 Å². The first kappa shape index (κ1) is 16.3. The fourth-order valence-electron chi connectivity index (χ4n) is 2.29. The van der Waals surface area contributed by atoms with Crippen LogP contribution in [-0.4, -0.2) is 24.6 Å². The third-order valence-electron chi connectivity index (χ3n) is 3.55. The normalized spacial score (nSPS) is 14.7. The van der Waals surface area contributed by atoms with Crippen LogP contribution in [0.3, 0.4) is 0 Å². The zero-order chi connectivity index (χ0) is 16.1. The first-order valence-corrected chi connectivity index (χ1v) is 9.49. The molecule has 0 aliphatic carbocycles. The van der Waals surface area contributed by atoms with E-state index in [-0.39, 0.29) is 5.97 Å². The van der Waals surface area contributed by atoms with Gasteiger partial charge >= 0.3 is 5.97 Å². The molecule has 120 valence electrons. The van der Waals surface area contributed by atoms with E-state index in [2.05, 4.69) is 16.9 Å². The Morgan fingerprint density at radius 1 is 1.04 bits per heavy atom. The van der Waals surface area contributed by atoms with Gasteiger partial charge in [0.1, 0.15) is 12.4 Å². The highest BCUT2D eigenvalue weighted by atomic mass is 32.2. The van der Waals surface area contributed by atoms with Crippen molar-refractivity contribution < 1.29 is 14.3 Å². The molecule has 0 N–H and O–H groups in total. The Morgan fingerprint density at radius 2 is 1.70 bits per heavy atom. The van der Waals surface area contributed by atoms with Crippen molar-refractivity contribution in [1.29, 1.82) is 0 Å². The zero-order valence-corrected chi connectivity index (χ0v) is 14.5. The number of carbonyl (C=O) groups excluding carboxylic acids is 1. The van der Waals surface area contributed by atoms with Crippen molar-refractivity contribution in [2.45, 2.75) is 11.2 Å². The van der Waals surface area contributed by atoms with Gasteiger partial charge in [0.25, 0.3) is 0 Å². The standard InChI is InChI=1S/C18H18O3S2/c1-20-17(19)14-4-2-13(3-5-14)12-21-16-8-6-15(7-9-16)18-22-10-11-23-18/h2-9,18H,10-12H2,1H3. The SMILES string of the molecule is COC(=O)c1ccc(COc2ccc(C3SCCS3)cc2)cc1. The van der Waals surface area contributed by atoms with Gasteiger partial charge in [0.2, 0.25) is 0 Å². The zero-order valence-electron chi connectivity index (χ0n) is 12.9. The van der Waals surface area contributed by atoms with Gasteiger partial charge < -0.3 is 9.47 Å². The summed E-state index contributed by atoms with van der Waals surface area (Å²) in [6.07, 6.45) is 0. The lowest BCUT2D eigenvalue weighted by molar-refractivity contribution is 0.0600. The predicted molar refractivity (Wildman–Crippen MR) is 96.2 cm³/mol. The van der Waals surface area contributed by atoms with E-state index in [0.717, 1.165) is 11.3 Å². The number of hydrogen-bond acceptors (Lipinski definition) is 5. The van der Waals surface area contributed by atoms with E-state index in [0.29, 0.717) is 16.8 Å². The summed E-state index contributed by atoms with van der Waals surface area (Å²) in [5, 5.41) is 0. The van der Waals surface area contributed by atoms with Crippen LogP contribution in [0, 0.1) is 0 Å². The highest BCUT2D eigenvalue weighted by Gasteiger charge is 2.17. The number of carbonyl (C=O) groups is 1. The van der Waals surface area contributed by atoms with Crippen molar-refractivity contribution >= 4 is 29.5 Å². The molecule has 0 amide bonds. The van der Waals surface area contributed by atoms with E-state index in [9.17, 15) is 4.79 Å². The second kappa shape index (κ2) is 7.79. The largest absolute Gasteiger partial charge is 0.489 e. The molecule has 0 radical (unpaired) electrons. The first-order chi connectivity index (χ1) is 11.3. The minimum Gasteiger partial charge on any atom is -0.489 e. The molecule has 1 heterocycles. The van der Waals surface area contributed by atoms with Crippen LogP contribution in [0.25, 0.3) is 0 Å². The molecular weight excluding hydrogens is 328 g/mol. The van der Waals surface area contributed by atoms with E-state index in [1.165, 1.54) is 24.2 Å². The van der Waals surface area contributed by atoms with Crippen LogP contribution in [0.1, 0.15) is 26.1 Å². The van der Waals surface area contributed by atoms with Crippen LogP contribution < -0.4 is 4.74 Å². The molecule has 1 saturated heterocycles. The summed E-state index contributed by atoms with van der Waals surface area (Å²) >= 11 is 4.00. The maximum Gasteiger partial charge on any atom is 0.337 e. The molecule has 0 bridgehead atoms. The van der Waals surface area contributed by atoms with Crippen LogP contribution >= 0.6 is 23.5 Å². The van der Waals surface area contributed by atoms with E-state index < -0.39 is 0 Å². The number of hydrogen-bond donors (Lipinski definition) is 0. The van der Waals surface area contributed by atoms with Crippen molar-refractivity contribution in [3.8, 4) is 5.75 Å². The van der Waals surface area contributed by atoms with Crippen molar-refractivity contribution in [3.63, 3.8) is 0 Å². The molecule has 2 aromatic rings.